The zero-order valence-electron chi connectivity index (χ0n) is 14.3. The van der Waals surface area contributed by atoms with Crippen LogP contribution in [0.3, 0.4) is 0 Å². The topological polar surface area (TPSA) is 50.2 Å². The first-order chi connectivity index (χ1) is 12.3. The molecule has 1 N–H and O–H groups in total. The van der Waals surface area contributed by atoms with Crippen LogP contribution in [0, 0.1) is 0 Å². The molecular formula is C19H22N4OS. The summed E-state index contributed by atoms with van der Waals surface area (Å²) in [5.74, 6) is 0. The van der Waals surface area contributed by atoms with E-state index in [1.807, 2.05) is 52.3 Å². The second kappa shape index (κ2) is 8.48. The lowest BCUT2D eigenvalue weighted by molar-refractivity contribution is 0.198. The predicted molar refractivity (Wildman–Crippen MR) is 100 cm³/mol. The summed E-state index contributed by atoms with van der Waals surface area (Å²) in [4.78, 5) is 15.5. The number of rotatable bonds is 7. The van der Waals surface area contributed by atoms with Crippen LogP contribution in [0.4, 0.5) is 4.79 Å². The van der Waals surface area contributed by atoms with Crippen LogP contribution in [-0.4, -0.2) is 27.3 Å². The highest BCUT2D eigenvalue weighted by Gasteiger charge is 2.13. The van der Waals surface area contributed by atoms with E-state index in [-0.39, 0.29) is 6.03 Å². The molecule has 2 amide bonds. The van der Waals surface area contributed by atoms with Gasteiger partial charge >= 0.3 is 6.03 Å². The summed E-state index contributed by atoms with van der Waals surface area (Å²) in [6, 6.07) is 14.1. The van der Waals surface area contributed by atoms with Crippen molar-refractivity contribution in [3.8, 4) is 0 Å². The summed E-state index contributed by atoms with van der Waals surface area (Å²) in [5.41, 5.74) is 2.27. The van der Waals surface area contributed by atoms with Gasteiger partial charge in [0.15, 0.2) is 0 Å². The van der Waals surface area contributed by atoms with Crippen LogP contribution in [0.15, 0.2) is 60.2 Å². The molecule has 0 spiro atoms. The van der Waals surface area contributed by atoms with Gasteiger partial charge in [0, 0.05) is 30.4 Å². The van der Waals surface area contributed by atoms with Crippen molar-refractivity contribution in [2.24, 2.45) is 0 Å². The molecular weight excluding hydrogens is 332 g/mol. The van der Waals surface area contributed by atoms with E-state index < -0.39 is 0 Å². The van der Waals surface area contributed by atoms with E-state index in [0.717, 1.165) is 11.1 Å². The highest BCUT2D eigenvalue weighted by Crippen LogP contribution is 2.13. The molecule has 0 unspecified atom stereocenters. The summed E-state index contributed by atoms with van der Waals surface area (Å²) >= 11 is 1.67. The van der Waals surface area contributed by atoms with Gasteiger partial charge in [-0.05, 0) is 35.6 Å². The molecule has 0 aliphatic heterocycles. The summed E-state index contributed by atoms with van der Waals surface area (Å²) in [6.07, 6.45) is 3.71. The number of benzene rings is 1. The fraction of sp³-hybridized carbons (Fsp3) is 0.263. The normalized spacial score (nSPS) is 10.6. The van der Waals surface area contributed by atoms with Crippen molar-refractivity contribution in [1.82, 2.24) is 20.0 Å². The van der Waals surface area contributed by atoms with Crippen molar-refractivity contribution in [2.45, 2.75) is 26.6 Å². The molecule has 25 heavy (non-hydrogen) atoms. The van der Waals surface area contributed by atoms with Crippen LogP contribution in [0.2, 0.25) is 0 Å². The van der Waals surface area contributed by atoms with Gasteiger partial charge in [-0.2, -0.15) is 5.10 Å². The second-order valence-electron chi connectivity index (χ2n) is 5.72. The molecule has 0 aliphatic rings. The van der Waals surface area contributed by atoms with Crippen molar-refractivity contribution in [2.75, 3.05) is 6.54 Å². The van der Waals surface area contributed by atoms with Crippen LogP contribution < -0.4 is 5.32 Å². The van der Waals surface area contributed by atoms with Crippen LogP contribution in [0.25, 0.3) is 0 Å². The minimum absolute atomic E-state index is 0.0372. The fourth-order valence-electron chi connectivity index (χ4n) is 2.65. The number of thiophene rings is 1. The van der Waals surface area contributed by atoms with Gasteiger partial charge in [-0.25, -0.2) is 4.79 Å². The Balaban J connectivity index is 1.61. The van der Waals surface area contributed by atoms with Gasteiger partial charge in [0.25, 0.3) is 0 Å². The Bertz CT molecular complexity index is 784. The number of amides is 2. The molecule has 3 rings (SSSR count). The number of nitrogens with one attached hydrogen (secondary N) is 1. The molecule has 130 valence electrons. The first-order valence-corrected chi connectivity index (χ1v) is 9.23. The Labute approximate surface area is 151 Å². The van der Waals surface area contributed by atoms with E-state index in [2.05, 4.69) is 28.6 Å². The standard InChI is InChI=1S/C19H22N4OS/c1-2-22(15-18-9-5-12-25-18)19(24)20-13-16-7-3-4-8-17(16)14-23-11-6-10-21-23/h3-12H,2,13-15H2,1H3,(H,20,24). The maximum Gasteiger partial charge on any atom is 0.317 e. The van der Waals surface area contributed by atoms with Crippen LogP contribution in [0.1, 0.15) is 22.9 Å². The van der Waals surface area contributed by atoms with E-state index in [1.165, 1.54) is 4.88 Å². The van der Waals surface area contributed by atoms with Gasteiger partial charge in [-0.3, -0.25) is 4.68 Å². The lowest BCUT2D eigenvalue weighted by Crippen LogP contribution is -2.39. The van der Waals surface area contributed by atoms with Gasteiger partial charge in [0.05, 0.1) is 13.1 Å². The van der Waals surface area contributed by atoms with E-state index in [4.69, 9.17) is 0 Å². The molecule has 0 saturated heterocycles. The highest BCUT2D eigenvalue weighted by molar-refractivity contribution is 7.09. The third-order valence-electron chi connectivity index (χ3n) is 4.04. The van der Waals surface area contributed by atoms with Gasteiger partial charge in [-0.1, -0.05) is 30.3 Å². The number of hydrogen-bond donors (Lipinski definition) is 1. The van der Waals surface area contributed by atoms with E-state index in [1.54, 1.807) is 17.5 Å². The summed E-state index contributed by atoms with van der Waals surface area (Å²) in [7, 11) is 0. The van der Waals surface area contributed by atoms with Crippen molar-refractivity contribution in [3.63, 3.8) is 0 Å². The molecule has 0 radical (unpaired) electrons. The Kier molecular flexibility index (Phi) is 5.85. The highest BCUT2D eigenvalue weighted by atomic mass is 32.1. The molecule has 6 heteroatoms. The number of hydrogen-bond acceptors (Lipinski definition) is 3. The third-order valence-corrected chi connectivity index (χ3v) is 4.90. The van der Waals surface area contributed by atoms with E-state index >= 15 is 0 Å². The van der Waals surface area contributed by atoms with E-state index in [0.29, 0.717) is 26.2 Å². The van der Waals surface area contributed by atoms with Crippen LogP contribution >= 0.6 is 11.3 Å². The average Bonchev–Trinajstić information content (AvgIpc) is 3.32. The zero-order valence-corrected chi connectivity index (χ0v) is 15.1. The van der Waals surface area contributed by atoms with Crippen molar-refractivity contribution < 1.29 is 4.79 Å². The molecule has 0 aliphatic carbocycles. The molecule has 5 nitrogen and oxygen atoms in total. The minimum atomic E-state index is -0.0372. The molecule has 1 aromatic carbocycles. The Morgan fingerprint density at radius 3 is 2.72 bits per heavy atom. The quantitative estimate of drug-likeness (QED) is 0.703. The first kappa shape index (κ1) is 17.2. The lowest BCUT2D eigenvalue weighted by Gasteiger charge is -2.21. The number of nitrogens with zero attached hydrogens (tertiary/aromatic N) is 3. The van der Waals surface area contributed by atoms with Gasteiger partial charge in [0.2, 0.25) is 0 Å². The smallest absolute Gasteiger partial charge is 0.317 e. The number of carbonyl (C=O) groups is 1. The molecule has 0 bridgehead atoms. The Morgan fingerprint density at radius 2 is 2.04 bits per heavy atom. The largest absolute Gasteiger partial charge is 0.334 e. The lowest BCUT2D eigenvalue weighted by atomic mass is 10.1. The first-order valence-electron chi connectivity index (χ1n) is 8.35. The molecule has 2 aromatic heterocycles. The molecule has 0 atom stereocenters. The summed E-state index contributed by atoms with van der Waals surface area (Å²) in [5, 5.41) is 9.33. The van der Waals surface area contributed by atoms with Crippen molar-refractivity contribution in [1.29, 1.82) is 0 Å². The van der Waals surface area contributed by atoms with Gasteiger partial charge < -0.3 is 10.2 Å². The third kappa shape index (κ3) is 4.70. The van der Waals surface area contributed by atoms with Crippen molar-refractivity contribution in [3.05, 3.63) is 76.2 Å². The monoisotopic (exact) mass is 354 g/mol. The minimum Gasteiger partial charge on any atom is -0.334 e. The fourth-order valence-corrected chi connectivity index (χ4v) is 3.37. The molecule has 2 heterocycles. The zero-order chi connectivity index (χ0) is 17.5. The maximum absolute atomic E-state index is 12.5. The SMILES string of the molecule is CCN(Cc1cccs1)C(=O)NCc1ccccc1Cn1cccn1. The molecule has 0 saturated carbocycles. The summed E-state index contributed by atoms with van der Waals surface area (Å²) in [6.45, 7) is 4.54. The number of urea groups is 1. The van der Waals surface area contributed by atoms with Gasteiger partial charge in [-0.15, -0.1) is 11.3 Å². The number of aromatic nitrogens is 2. The summed E-state index contributed by atoms with van der Waals surface area (Å²) < 4.78 is 1.88. The van der Waals surface area contributed by atoms with Gasteiger partial charge in [0.1, 0.15) is 0 Å². The Morgan fingerprint density at radius 1 is 1.20 bits per heavy atom. The molecule has 3 aromatic rings. The molecule has 0 fully saturated rings. The van der Waals surface area contributed by atoms with Crippen molar-refractivity contribution >= 4 is 17.4 Å². The Hall–Kier alpha value is -2.60. The van der Waals surface area contributed by atoms with E-state index in [9.17, 15) is 4.79 Å². The van der Waals surface area contributed by atoms with Crippen LogP contribution in [-0.2, 0) is 19.6 Å². The number of carbonyl (C=O) groups excluding carboxylic acids is 1. The maximum atomic E-state index is 12.5. The average molecular weight is 354 g/mol. The van der Waals surface area contributed by atoms with Crippen LogP contribution in [0.5, 0.6) is 0 Å². The predicted octanol–water partition coefficient (Wildman–Crippen LogP) is 3.72. The second-order valence-corrected chi connectivity index (χ2v) is 6.76.